The molecule has 0 aliphatic carbocycles. The Morgan fingerprint density at radius 2 is 2.03 bits per heavy atom. The Hall–Kier alpha value is -1.84. The summed E-state index contributed by atoms with van der Waals surface area (Å²) in [5.41, 5.74) is 0.967. The summed E-state index contributed by atoms with van der Waals surface area (Å²) >= 11 is 7.66. The van der Waals surface area contributed by atoms with Crippen LogP contribution in [0.1, 0.15) is 42.7 Å². The quantitative estimate of drug-likeness (QED) is 0.395. The Labute approximate surface area is 192 Å². The number of amides is 1. The number of carbonyl (C=O) groups is 1. The minimum absolute atomic E-state index is 0.0598. The van der Waals surface area contributed by atoms with Crippen LogP contribution >= 0.6 is 23.4 Å². The first-order valence-corrected chi connectivity index (χ1v) is 13.4. The molecule has 0 saturated carbocycles. The molecule has 31 heavy (non-hydrogen) atoms. The van der Waals surface area contributed by atoms with Gasteiger partial charge in [-0.15, -0.1) is 0 Å². The molecule has 1 amide bonds. The Morgan fingerprint density at radius 1 is 1.29 bits per heavy atom. The number of hydrogen-bond acceptors (Lipinski definition) is 7. The monoisotopic (exact) mass is 483 g/mol. The van der Waals surface area contributed by atoms with Crippen LogP contribution in [0.25, 0.3) is 0 Å². The maximum absolute atomic E-state index is 13.5. The first kappa shape index (κ1) is 23.8. The van der Waals surface area contributed by atoms with Crippen LogP contribution in [0.4, 0.5) is 0 Å². The van der Waals surface area contributed by atoms with Crippen LogP contribution in [-0.4, -0.2) is 59.1 Å². The number of ether oxygens (including phenoxy) is 1. The third kappa shape index (κ3) is 6.33. The number of benzene rings is 1. The van der Waals surface area contributed by atoms with E-state index in [1.54, 1.807) is 4.90 Å². The molecule has 1 aliphatic heterocycles. The van der Waals surface area contributed by atoms with E-state index in [0.717, 1.165) is 23.5 Å². The van der Waals surface area contributed by atoms with Gasteiger partial charge < -0.3 is 9.64 Å². The molecule has 1 aliphatic rings. The second-order valence-corrected chi connectivity index (χ2v) is 11.1. The number of aromatic nitrogens is 2. The van der Waals surface area contributed by atoms with Gasteiger partial charge in [-0.3, -0.25) is 4.79 Å². The molecular formula is C21H26ClN3O4S2. The van der Waals surface area contributed by atoms with Crippen LogP contribution in [0.3, 0.4) is 0 Å². The lowest BCUT2D eigenvalue weighted by molar-refractivity contribution is 0.0674. The summed E-state index contributed by atoms with van der Waals surface area (Å²) in [5.74, 6) is 1.13. The molecule has 3 rings (SSSR count). The molecule has 0 unspecified atom stereocenters. The summed E-state index contributed by atoms with van der Waals surface area (Å²) < 4.78 is 29.8. The van der Waals surface area contributed by atoms with E-state index in [1.807, 2.05) is 38.1 Å². The maximum Gasteiger partial charge on any atom is 0.274 e. The van der Waals surface area contributed by atoms with E-state index in [1.165, 1.54) is 18.0 Å². The van der Waals surface area contributed by atoms with Crippen molar-refractivity contribution in [3.63, 3.8) is 0 Å². The zero-order chi connectivity index (χ0) is 22.4. The van der Waals surface area contributed by atoms with Crippen molar-refractivity contribution in [3.8, 4) is 5.75 Å². The summed E-state index contributed by atoms with van der Waals surface area (Å²) in [5, 5.41) is 0.617. The molecule has 2 aromatic rings. The zero-order valence-corrected chi connectivity index (χ0v) is 20.0. The van der Waals surface area contributed by atoms with E-state index in [2.05, 4.69) is 9.97 Å². The number of hydrogen-bond donors (Lipinski definition) is 0. The number of thioether (sulfide) groups is 1. The van der Waals surface area contributed by atoms with Crippen LogP contribution in [-0.2, 0) is 16.4 Å². The highest BCUT2D eigenvalue weighted by Crippen LogP contribution is 2.26. The van der Waals surface area contributed by atoms with Crippen molar-refractivity contribution in [2.45, 2.75) is 44.4 Å². The van der Waals surface area contributed by atoms with Crippen LogP contribution in [0.2, 0.25) is 5.02 Å². The van der Waals surface area contributed by atoms with E-state index in [-0.39, 0.29) is 28.8 Å². The molecule has 0 radical (unpaired) electrons. The molecule has 1 fully saturated rings. The molecule has 1 atom stereocenters. The molecule has 1 aromatic heterocycles. The van der Waals surface area contributed by atoms with Gasteiger partial charge in [0.15, 0.2) is 20.7 Å². The molecule has 1 saturated heterocycles. The van der Waals surface area contributed by atoms with Gasteiger partial charge >= 0.3 is 0 Å². The number of halogens is 1. The van der Waals surface area contributed by atoms with Gasteiger partial charge in [0.2, 0.25) is 0 Å². The van der Waals surface area contributed by atoms with Crippen molar-refractivity contribution in [1.82, 2.24) is 14.9 Å². The summed E-state index contributed by atoms with van der Waals surface area (Å²) in [4.78, 5) is 23.5. The largest absolute Gasteiger partial charge is 0.494 e. The average Bonchev–Trinajstić information content (AvgIpc) is 3.11. The van der Waals surface area contributed by atoms with Crippen molar-refractivity contribution in [1.29, 1.82) is 0 Å². The normalized spacial score (nSPS) is 17.5. The molecule has 168 valence electrons. The summed E-state index contributed by atoms with van der Waals surface area (Å²) in [6, 6.07) is 7.05. The maximum atomic E-state index is 13.5. The van der Waals surface area contributed by atoms with E-state index in [4.69, 9.17) is 16.3 Å². The molecule has 1 aromatic carbocycles. The second-order valence-electron chi connectivity index (χ2n) is 7.26. The van der Waals surface area contributed by atoms with Crippen LogP contribution in [0.15, 0.2) is 35.6 Å². The fraction of sp³-hybridized carbons (Fsp3) is 0.476. The SMILES string of the molecule is CCCOc1ccc(CN(C(=O)c2nc(SCC)ncc2Cl)[C@@H]2CCS(=O)(=O)C2)cc1. The van der Waals surface area contributed by atoms with Crippen molar-refractivity contribution in [3.05, 3.63) is 46.7 Å². The first-order valence-electron chi connectivity index (χ1n) is 10.2. The Bertz CT molecular complexity index is 1020. The zero-order valence-electron chi connectivity index (χ0n) is 17.6. The lowest BCUT2D eigenvalue weighted by Gasteiger charge is -2.28. The minimum Gasteiger partial charge on any atom is -0.494 e. The van der Waals surface area contributed by atoms with Crippen LogP contribution in [0.5, 0.6) is 5.75 Å². The summed E-state index contributed by atoms with van der Waals surface area (Å²) in [7, 11) is -3.18. The average molecular weight is 484 g/mol. The fourth-order valence-corrected chi connectivity index (χ4v) is 5.78. The third-order valence-corrected chi connectivity index (χ3v) is 7.63. The van der Waals surface area contributed by atoms with Gasteiger partial charge in [-0.1, -0.05) is 49.3 Å². The second kappa shape index (κ2) is 10.7. The number of rotatable bonds is 9. The van der Waals surface area contributed by atoms with Crippen molar-refractivity contribution >= 4 is 39.1 Å². The Kier molecular flexibility index (Phi) is 8.18. The molecule has 0 spiro atoms. The van der Waals surface area contributed by atoms with Gasteiger partial charge in [0.25, 0.3) is 5.91 Å². The number of sulfone groups is 1. The van der Waals surface area contributed by atoms with Crippen molar-refractivity contribution in [2.75, 3.05) is 23.9 Å². The van der Waals surface area contributed by atoms with Gasteiger partial charge in [-0.2, -0.15) is 0 Å². The molecule has 7 nitrogen and oxygen atoms in total. The van der Waals surface area contributed by atoms with Crippen LogP contribution in [0, 0.1) is 0 Å². The van der Waals surface area contributed by atoms with E-state index in [9.17, 15) is 13.2 Å². The lowest BCUT2D eigenvalue weighted by Crippen LogP contribution is -2.41. The predicted molar refractivity (Wildman–Crippen MR) is 123 cm³/mol. The van der Waals surface area contributed by atoms with Crippen molar-refractivity contribution in [2.24, 2.45) is 0 Å². The lowest BCUT2D eigenvalue weighted by atomic mass is 10.1. The molecular weight excluding hydrogens is 458 g/mol. The molecule has 0 bridgehead atoms. The highest BCUT2D eigenvalue weighted by Gasteiger charge is 2.36. The summed E-state index contributed by atoms with van der Waals surface area (Å²) in [6.07, 6.45) is 2.73. The first-order chi connectivity index (χ1) is 14.8. The van der Waals surface area contributed by atoms with Gasteiger partial charge in [-0.25, -0.2) is 18.4 Å². The molecule has 2 heterocycles. The molecule has 0 N–H and O–H groups in total. The third-order valence-electron chi connectivity index (χ3n) is 4.86. The number of nitrogens with zero attached hydrogens (tertiary/aromatic N) is 3. The van der Waals surface area contributed by atoms with E-state index < -0.39 is 21.8 Å². The van der Waals surface area contributed by atoms with Gasteiger partial charge in [0, 0.05) is 12.6 Å². The topological polar surface area (TPSA) is 89.5 Å². The Morgan fingerprint density at radius 3 is 2.65 bits per heavy atom. The van der Waals surface area contributed by atoms with E-state index in [0.29, 0.717) is 18.2 Å². The predicted octanol–water partition coefficient (Wildman–Crippen LogP) is 3.86. The summed E-state index contributed by atoms with van der Waals surface area (Å²) in [6.45, 7) is 4.89. The van der Waals surface area contributed by atoms with Gasteiger partial charge in [0.1, 0.15) is 5.75 Å². The fourth-order valence-electron chi connectivity index (χ4n) is 3.33. The van der Waals surface area contributed by atoms with E-state index >= 15 is 0 Å². The number of carbonyl (C=O) groups excluding carboxylic acids is 1. The molecule has 10 heteroatoms. The highest BCUT2D eigenvalue weighted by atomic mass is 35.5. The standard InChI is InChI=1S/C21H26ClN3O4S2/c1-3-10-29-17-7-5-15(6-8-17)13-25(16-9-11-31(27,28)14-16)20(26)19-18(22)12-23-21(24-19)30-4-2/h5-8,12,16H,3-4,9-11,13-14H2,1-2H3/t16-/m1/s1. The smallest absolute Gasteiger partial charge is 0.274 e. The Balaban J connectivity index is 1.88. The van der Waals surface area contributed by atoms with Crippen LogP contribution < -0.4 is 4.74 Å². The van der Waals surface area contributed by atoms with Gasteiger partial charge in [-0.05, 0) is 36.3 Å². The van der Waals surface area contributed by atoms with Crippen molar-refractivity contribution < 1.29 is 17.9 Å². The highest BCUT2D eigenvalue weighted by molar-refractivity contribution is 7.99. The van der Waals surface area contributed by atoms with Gasteiger partial charge in [0.05, 0.1) is 29.3 Å². The minimum atomic E-state index is -3.18.